The average Bonchev–Trinajstić information content (AvgIpc) is 2.28. The Kier molecular flexibility index (Phi) is 4.80. The minimum absolute atomic E-state index is 0.00313. The first-order valence-electron chi connectivity index (χ1n) is 5.63. The fourth-order valence-corrected chi connectivity index (χ4v) is 1.96. The van der Waals surface area contributed by atoms with E-state index < -0.39 is 18.2 Å². The number of rotatable bonds is 3. The largest absolute Gasteiger partial charge is 0.471 e. The molecule has 5 nitrogen and oxygen atoms in total. The summed E-state index contributed by atoms with van der Waals surface area (Å²) in [7, 11) is 0. The molecule has 0 bridgehead atoms. The third-order valence-corrected chi connectivity index (χ3v) is 2.89. The van der Waals surface area contributed by atoms with Crippen LogP contribution in [0.4, 0.5) is 18.0 Å². The molecule has 0 spiro atoms. The van der Waals surface area contributed by atoms with Gasteiger partial charge in [0.2, 0.25) is 0 Å². The zero-order valence-corrected chi connectivity index (χ0v) is 9.66. The van der Waals surface area contributed by atoms with E-state index in [1.807, 2.05) is 0 Å². The fraction of sp³-hybridized carbons (Fsp3) is 0.800. The number of likely N-dealkylation sites (tertiary alicyclic amines) is 1. The van der Waals surface area contributed by atoms with E-state index in [1.54, 1.807) is 5.32 Å². The highest BCUT2D eigenvalue weighted by Crippen LogP contribution is 2.19. The molecular weight excluding hydrogens is 253 g/mol. The van der Waals surface area contributed by atoms with Crippen molar-refractivity contribution in [1.29, 1.82) is 0 Å². The van der Waals surface area contributed by atoms with Crippen LogP contribution in [0.15, 0.2) is 0 Å². The van der Waals surface area contributed by atoms with Crippen molar-refractivity contribution in [1.82, 2.24) is 10.2 Å². The van der Waals surface area contributed by atoms with Crippen molar-refractivity contribution in [3.05, 3.63) is 0 Å². The summed E-state index contributed by atoms with van der Waals surface area (Å²) < 4.78 is 35.7. The highest BCUT2D eigenvalue weighted by atomic mass is 19.4. The number of piperidine rings is 1. The number of carbonyl (C=O) groups excluding carboxylic acids is 1. The molecule has 8 heteroatoms. The van der Waals surface area contributed by atoms with Gasteiger partial charge in [0.05, 0.1) is 0 Å². The topological polar surface area (TPSA) is 69.6 Å². The lowest BCUT2D eigenvalue weighted by Crippen LogP contribution is -2.41. The van der Waals surface area contributed by atoms with Crippen molar-refractivity contribution in [2.45, 2.75) is 25.4 Å². The van der Waals surface area contributed by atoms with Gasteiger partial charge in [-0.3, -0.25) is 4.79 Å². The first-order valence-corrected chi connectivity index (χ1v) is 5.63. The lowest BCUT2D eigenvalue weighted by Gasteiger charge is -2.30. The van der Waals surface area contributed by atoms with E-state index in [0.717, 1.165) is 6.42 Å². The summed E-state index contributed by atoms with van der Waals surface area (Å²) in [5.41, 5.74) is 0. The molecule has 104 valence electrons. The molecule has 1 aliphatic rings. The van der Waals surface area contributed by atoms with Gasteiger partial charge >= 0.3 is 18.2 Å². The van der Waals surface area contributed by atoms with Gasteiger partial charge < -0.3 is 15.3 Å². The van der Waals surface area contributed by atoms with Gasteiger partial charge in [-0.05, 0) is 25.2 Å². The molecular formula is C10H15F3N2O3. The van der Waals surface area contributed by atoms with Crippen LogP contribution in [-0.4, -0.2) is 47.8 Å². The van der Waals surface area contributed by atoms with E-state index in [-0.39, 0.29) is 12.5 Å². The normalized spacial score (nSPS) is 20.6. The van der Waals surface area contributed by atoms with Crippen LogP contribution in [0.3, 0.4) is 0 Å². The smallest absolute Gasteiger partial charge is 0.465 e. The Morgan fingerprint density at radius 3 is 2.61 bits per heavy atom. The number of halogens is 3. The minimum atomic E-state index is -4.86. The molecule has 1 aliphatic heterocycles. The molecule has 0 aliphatic carbocycles. The monoisotopic (exact) mass is 268 g/mol. The van der Waals surface area contributed by atoms with E-state index in [2.05, 4.69) is 0 Å². The molecule has 0 aromatic carbocycles. The zero-order valence-electron chi connectivity index (χ0n) is 9.66. The lowest BCUT2D eigenvalue weighted by atomic mass is 9.95. The molecule has 2 amide bonds. The Morgan fingerprint density at radius 1 is 1.39 bits per heavy atom. The molecule has 1 fully saturated rings. The molecule has 0 saturated carbocycles. The first kappa shape index (κ1) is 14.6. The quantitative estimate of drug-likeness (QED) is 0.813. The predicted octanol–water partition coefficient (Wildman–Crippen LogP) is 1.44. The molecule has 0 aromatic rings. The summed E-state index contributed by atoms with van der Waals surface area (Å²) in [6, 6.07) is 0. The molecule has 1 saturated heterocycles. The van der Waals surface area contributed by atoms with Crippen LogP contribution in [0.25, 0.3) is 0 Å². The highest BCUT2D eigenvalue weighted by Gasteiger charge is 2.38. The third-order valence-electron chi connectivity index (χ3n) is 2.89. The Morgan fingerprint density at radius 2 is 2.06 bits per heavy atom. The van der Waals surface area contributed by atoms with Crippen LogP contribution in [0.5, 0.6) is 0 Å². The SMILES string of the molecule is O=C(O)N1CCC[C@@H](CCNC(=O)C(F)(F)F)C1. The summed E-state index contributed by atoms with van der Waals surface area (Å²) >= 11 is 0. The Bertz CT molecular complexity index is 320. The maximum atomic E-state index is 11.9. The summed E-state index contributed by atoms with van der Waals surface area (Å²) in [6.07, 6.45) is -4.06. The third kappa shape index (κ3) is 4.42. The van der Waals surface area contributed by atoms with E-state index in [0.29, 0.717) is 25.9 Å². The van der Waals surface area contributed by atoms with Gasteiger partial charge in [0.15, 0.2) is 0 Å². The molecule has 18 heavy (non-hydrogen) atoms. The second kappa shape index (κ2) is 5.92. The van der Waals surface area contributed by atoms with E-state index in [1.165, 1.54) is 4.90 Å². The molecule has 1 atom stereocenters. The van der Waals surface area contributed by atoms with Crippen LogP contribution >= 0.6 is 0 Å². The zero-order chi connectivity index (χ0) is 13.8. The second-order valence-electron chi connectivity index (χ2n) is 4.28. The molecule has 0 unspecified atom stereocenters. The number of hydrogen-bond acceptors (Lipinski definition) is 2. The Hall–Kier alpha value is -1.47. The maximum Gasteiger partial charge on any atom is 0.471 e. The summed E-state index contributed by atoms with van der Waals surface area (Å²) in [5.74, 6) is -1.95. The van der Waals surface area contributed by atoms with Gasteiger partial charge in [0.25, 0.3) is 0 Å². The Labute approximate surface area is 102 Å². The van der Waals surface area contributed by atoms with Crippen LogP contribution in [0.2, 0.25) is 0 Å². The summed E-state index contributed by atoms with van der Waals surface area (Å²) in [5, 5.41) is 10.6. The highest BCUT2D eigenvalue weighted by molar-refractivity contribution is 5.81. The van der Waals surface area contributed by atoms with Crippen LogP contribution in [0.1, 0.15) is 19.3 Å². The molecule has 1 rings (SSSR count). The second-order valence-corrected chi connectivity index (χ2v) is 4.28. The van der Waals surface area contributed by atoms with Gasteiger partial charge in [-0.1, -0.05) is 0 Å². The lowest BCUT2D eigenvalue weighted by molar-refractivity contribution is -0.173. The minimum Gasteiger partial charge on any atom is -0.465 e. The number of carboxylic acid groups (broad SMARTS) is 1. The van der Waals surface area contributed by atoms with Gasteiger partial charge in [-0.15, -0.1) is 0 Å². The number of amides is 2. The van der Waals surface area contributed by atoms with Crippen LogP contribution < -0.4 is 5.32 Å². The van der Waals surface area contributed by atoms with Crippen molar-refractivity contribution in [2.24, 2.45) is 5.92 Å². The van der Waals surface area contributed by atoms with Crippen molar-refractivity contribution >= 4 is 12.0 Å². The predicted molar refractivity (Wildman–Crippen MR) is 56.0 cm³/mol. The number of carbonyl (C=O) groups is 2. The van der Waals surface area contributed by atoms with E-state index >= 15 is 0 Å². The number of nitrogens with zero attached hydrogens (tertiary/aromatic N) is 1. The molecule has 0 radical (unpaired) electrons. The van der Waals surface area contributed by atoms with Gasteiger partial charge in [0.1, 0.15) is 0 Å². The molecule has 0 aromatic heterocycles. The maximum absolute atomic E-state index is 11.9. The van der Waals surface area contributed by atoms with Crippen LogP contribution in [-0.2, 0) is 4.79 Å². The number of alkyl halides is 3. The number of hydrogen-bond donors (Lipinski definition) is 2. The Balaban J connectivity index is 2.27. The van der Waals surface area contributed by atoms with Gasteiger partial charge in [-0.25, -0.2) is 4.79 Å². The van der Waals surface area contributed by atoms with Gasteiger partial charge in [-0.2, -0.15) is 13.2 Å². The summed E-state index contributed by atoms with van der Waals surface area (Å²) in [4.78, 5) is 22.5. The van der Waals surface area contributed by atoms with E-state index in [4.69, 9.17) is 5.11 Å². The van der Waals surface area contributed by atoms with Gasteiger partial charge in [0, 0.05) is 19.6 Å². The standard InChI is InChI=1S/C10H15F3N2O3/c11-10(12,13)8(16)14-4-3-7-2-1-5-15(6-7)9(17)18/h7H,1-6H2,(H,14,16)(H,17,18)/t7-/m0/s1. The molecule has 2 N–H and O–H groups in total. The molecule has 1 heterocycles. The van der Waals surface area contributed by atoms with Crippen molar-refractivity contribution in [3.8, 4) is 0 Å². The van der Waals surface area contributed by atoms with Crippen molar-refractivity contribution < 1.29 is 27.9 Å². The summed E-state index contributed by atoms with van der Waals surface area (Å²) in [6.45, 7) is 0.689. The average molecular weight is 268 g/mol. The number of nitrogens with one attached hydrogen (secondary N) is 1. The van der Waals surface area contributed by atoms with E-state index in [9.17, 15) is 22.8 Å². The van der Waals surface area contributed by atoms with Crippen molar-refractivity contribution in [3.63, 3.8) is 0 Å². The fourth-order valence-electron chi connectivity index (χ4n) is 1.96. The van der Waals surface area contributed by atoms with Crippen LogP contribution in [0, 0.1) is 5.92 Å². The first-order chi connectivity index (χ1) is 8.30. The van der Waals surface area contributed by atoms with Crippen molar-refractivity contribution in [2.75, 3.05) is 19.6 Å².